The maximum atomic E-state index is 5.86. The molecule has 1 aromatic rings. The van der Waals surface area contributed by atoms with E-state index >= 15 is 0 Å². The Morgan fingerprint density at radius 1 is 1.42 bits per heavy atom. The standard InChI is InChI=1S/C16H26N2O/c1-3-6-17-9-16-8-14(12(2)19-16)11-18-10-13-4-5-15(18)7-13/h8,13,15,17H,3-7,9-11H2,1-2H3. The fourth-order valence-electron chi connectivity index (χ4n) is 3.66. The highest BCUT2D eigenvalue weighted by molar-refractivity contribution is 5.21. The van der Waals surface area contributed by atoms with Gasteiger partial charge in [0.15, 0.2) is 0 Å². The molecule has 19 heavy (non-hydrogen) atoms. The zero-order valence-electron chi connectivity index (χ0n) is 12.2. The van der Waals surface area contributed by atoms with E-state index in [-0.39, 0.29) is 0 Å². The van der Waals surface area contributed by atoms with E-state index in [1.807, 2.05) is 0 Å². The average Bonchev–Trinajstić information content (AvgIpc) is 3.07. The Balaban J connectivity index is 1.58. The van der Waals surface area contributed by atoms with Gasteiger partial charge >= 0.3 is 0 Å². The summed E-state index contributed by atoms with van der Waals surface area (Å²) < 4.78 is 5.86. The number of hydrogen-bond acceptors (Lipinski definition) is 3. The normalized spacial score (nSPS) is 26.4. The van der Waals surface area contributed by atoms with Gasteiger partial charge in [-0.05, 0) is 51.1 Å². The van der Waals surface area contributed by atoms with E-state index < -0.39 is 0 Å². The lowest BCUT2D eigenvalue weighted by Gasteiger charge is -2.26. The topological polar surface area (TPSA) is 28.4 Å². The van der Waals surface area contributed by atoms with Gasteiger partial charge in [0.25, 0.3) is 0 Å². The molecule has 0 spiro atoms. The monoisotopic (exact) mass is 262 g/mol. The summed E-state index contributed by atoms with van der Waals surface area (Å²) >= 11 is 0. The zero-order chi connectivity index (χ0) is 13.2. The van der Waals surface area contributed by atoms with Gasteiger partial charge in [0, 0.05) is 24.7 Å². The summed E-state index contributed by atoms with van der Waals surface area (Å²) in [7, 11) is 0. The van der Waals surface area contributed by atoms with Gasteiger partial charge in [0.1, 0.15) is 11.5 Å². The molecule has 2 unspecified atom stereocenters. The lowest BCUT2D eigenvalue weighted by Crippen LogP contribution is -2.31. The van der Waals surface area contributed by atoms with Gasteiger partial charge in [-0.25, -0.2) is 0 Å². The van der Waals surface area contributed by atoms with Gasteiger partial charge < -0.3 is 9.73 Å². The predicted molar refractivity (Wildman–Crippen MR) is 77.0 cm³/mol. The number of rotatable bonds is 6. The smallest absolute Gasteiger partial charge is 0.118 e. The largest absolute Gasteiger partial charge is 0.465 e. The van der Waals surface area contributed by atoms with Gasteiger partial charge in [0.05, 0.1) is 6.54 Å². The Bertz CT molecular complexity index is 426. The van der Waals surface area contributed by atoms with Crippen LogP contribution in [0.4, 0.5) is 0 Å². The summed E-state index contributed by atoms with van der Waals surface area (Å²) in [5.74, 6) is 3.17. The highest BCUT2D eigenvalue weighted by Gasteiger charge is 2.37. The summed E-state index contributed by atoms with van der Waals surface area (Å²) in [5, 5.41) is 3.41. The maximum Gasteiger partial charge on any atom is 0.118 e. The molecule has 0 aromatic carbocycles. The molecule has 2 bridgehead atoms. The fraction of sp³-hybridized carbons (Fsp3) is 0.750. The van der Waals surface area contributed by atoms with E-state index in [2.05, 4.69) is 30.1 Å². The molecule has 2 atom stereocenters. The predicted octanol–water partition coefficient (Wildman–Crippen LogP) is 3.07. The number of hydrogen-bond donors (Lipinski definition) is 1. The Kier molecular flexibility index (Phi) is 3.94. The summed E-state index contributed by atoms with van der Waals surface area (Å²) in [6.07, 6.45) is 5.47. The van der Waals surface area contributed by atoms with E-state index in [4.69, 9.17) is 4.42 Å². The molecule has 3 nitrogen and oxygen atoms in total. The molecular weight excluding hydrogens is 236 g/mol. The molecule has 0 radical (unpaired) electrons. The van der Waals surface area contributed by atoms with Crippen LogP contribution < -0.4 is 5.32 Å². The molecule has 2 heterocycles. The number of piperidine rings is 1. The van der Waals surface area contributed by atoms with Crippen LogP contribution in [0, 0.1) is 12.8 Å². The number of fused-ring (bicyclic) bond motifs is 2. The van der Waals surface area contributed by atoms with E-state index in [9.17, 15) is 0 Å². The summed E-state index contributed by atoms with van der Waals surface area (Å²) in [4.78, 5) is 2.66. The summed E-state index contributed by atoms with van der Waals surface area (Å²) in [6, 6.07) is 3.10. The molecule has 2 aliphatic rings. The zero-order valence-corrected chi connectivity index (χ0v) is 12.2. The first-order valence-corrected chi connectivity index (χ1v) is 7.79. The lowest BCUT2D eigenvalue weighted by molar-refractivity contribution is 0.204. The molecule has 0 amide bonds. The van der Waals surface area contributed by atoms with Crippen molar-refractivity contribution in [1.29, 1.82) is 0 Å². The maximum absolute atomic E-state index is 5.86. The van der Waals surface area contributed by atoms with Crippen LogP contribution in [0.25, 0.3) is 0 Å². The highest BCUT2D eigenvalue weighted by atomic mass is 16.3. The van der Waals surface area contributed by atoms with Crippen molar-refractivity contribution in [2.24, 2.45) is 5.92 Å². The van der Waals surface area contributed by atoms with E-state index in [0.29, 0.717) is 0 Å². The molecule has 1 aliphatic heterocycles. The number of nitrogens with zero attached hydrogens (tertiary/aromatic N) is 1. The number of aryl methyl sites for hydroxylation is 1. The van der Waals surface area contributed by atoms with Gasteiger partial charge in [-0.15, -0.1) is 0 Å². The summed E-state index contributed by atoms with van der Waals surface area (Å²) in [5.41, 5.74) is 1.39. The Morgan fingerprint density at radius 2 is 2.32 bits per heavy atom. The molecule has 3 heteroatoms. The third kappa shape index (κ3) is 2.87. The van der Waals surface area contributed by atoms with Crippen LogP contribution in [0.15, 0.2) is 10.5 Å². The number of nitrogens with one attached hydrogen (secondary N) is 1. The molecule has 1 saturated heterocycles. The molecule has 1 saturated carbocycles. The molecule has 106 valence electrons. The first kappa shape index (κ1) is 13.2. The van der Waals surface area contributed by atoms with Crippen molar-refractivity contribution in [3.63, 3.8) is 0 Å². The van der Waals surface area contributed by atoms with Crippen molar-refractivity contribution in [1.82, 2.24) is 10.2 Å². The lowest BCUT2D eigenvalue weighted by atomic mass is 10.1. The van der Waals surface area contributed by atoms with Crippen molar-refractivity contribution in [3.05, 3.63) is 23.2 Å². The molecular formula is C16H26N2O. The van der Waals surface area contributed by atoms with Crippen LogP contribution in [0.3, 0.4) is 0 Å². The Morgan fingerprint density at radius 3 is 3.00 bits per heavy atom. The van der Waals surface area contributed by atoms with Crippen LogP contribution >= 0.6 is 0 Å². The van der Waals surface area contributed by atoms with Gasteiger partial charge in [-0.3, -0.25) is 4.90 Å². The Labute approximate surface area is 116 Å². The second-order valence-electron chi connectivity index (χ2n) is 6.23. The summed E-state index contributed by atoms with van der Waals surface area (Å²) in [6.45, 7) is 8.61. The molecule has 1 aliphatic carbocycles. The average molecular weight is 262 g/mol. The van der Waals surface area contributed by atoms with Crippen LogP contribution in [-0.2, 0) is 13.1 Å². The van der Waals surface area contributed by atoms with E-state index in [1.165, 1.54) is 37.8 Å². The number of likely N-dealkylation sites (tertiary alicyclic amines) is 1. The second kappa shape index (κ2) is 5.68. The quantitative estimate of drug-likeness (QED) is 0.799. The minimum absolute atomic E-state index is 0.848. The van der Waals surface area contributed by atoms with Crippen LogP contribution in [0.2, 0.25) is 0 Å². The SMILES string of the molecule is CCCNCc1cc(CN2CC3CCC2C3)c(C)o1. The van der Waals surface area contributed by atoms with E-state index in [1.54, 1.807) is 0 Å². The van der Waals surface area contributed by atoms with Crippen LogP contribution in [-0.4, -0.2) is 24.0 Å². The van der Waals surface area contributed by atoms with Crippen LogP contribution in [0.1, 0.15) is 49.7 Å². The van der Waals surface area contributed by atoms with Gasteiger partial charge in [-0.1, -0.05) is 6.92 Å². The van der Waals surface area contributed by atoms with Gasteiger partial charge in [0.2, 0.25) is 0 Å². The minimum atomic E-state index is 0.848. The molecule has 1 aromatic heterocycles. The van der Waals surface area contributed by atoms with Crippen molar-refractivity contribution in [2.45, 2.75) is 58.7 Å². The van der Waals surface area contributed by atoms with Crippen LogP contribution in [0.5, 0.6) is 0 Å². The van der Waals surface area contributed by atoms with Gasteiger partial charge in [-0.2, -0.15) is 0 Å². The second-order valence-corrected chi connectivity index (χ2v) is 6.23. The van der Waals surface area contributed by atoms with Crippen molar-refractivity contribution >= 4 is 0 Å². The van der Waals surface area contributed by atoms with Crippen molar-refractivity contribution in [3.8, 4) is 0 Å². The molecule has 1 N–H and O–H groups in total. The van der Waals surface area contributed by atoms with E-state index in [0.717, 1.165) is 43.1 Å². The van der Waals surface area contributed by atoms with Crippen molar-refractivity contribution in [2.75, 3.05) is 13.1 Å². The van der Waals surface area contributed by atoms with Crippen molar-refractivity contribution < 1.29 is 4.42 Å². The molecule has 2 fully saturated rings. The Hall–Kier alpha value is -0.800. The highest BCUT2D eigenvalue weighted by Crippen LogP contribution is 2.38. The third-order valence-electron chi connectivity index (χ3n) is 4.69. The molecule has 3 rings (SSSR count). The first-order valence-electron chi connectivity index (χ1n) is 7.79. The first-order chi connectivity index (χ1) is 9.26. The third-order valence-corrected chi connectivity index (χ3v) is 4.69. The fourth-order valence-corrected chi connectivity index (χ4v) is 3.66. The number of furan rings is 1. The minimum Gasteiger partial charge on any atom is -0.465 e.